The van der Waals surface area contributed by atoms with Crippen molar-refractivity contribution in [2.24, 2.45) is 0 Å². The molecule has 1 amide bonds. The molecule has 0 spiro atoms. The number of nitrogens with one attached hydrogen (secondary N) is 1. The summed E-state index contributed by atoms with van der Waals surface area (Å²) in [7, 11) is 0. The van der Waals surface area contributed by atoms with Crippen molar-refractivity contribution in [3.63, 3.8) is 0 Å². The monoisotopic (exact) mass is 253 g/mol. The first-order chi connectivity index (χ1) is 7.98. The average Bonchev–Trinajstić information content (AvgIpc) is 2.36. The number of carbonyl (C=O) groups is 1. The number of amides is 1. The second-order valence-electron chi connectivity index (χ2n) is 4.26. The highest BCUT2D eigenvalue weighted by Gasteiger charge is 2.18. The molecular weight excluding hydrogens is 234 g/mol. The molecule has 3 nitrogen and oxygen atoms in total. The van der Waals surface area contributed by atoms with Crippen molar-refractivity contribution in [1.29, 1.82) is 0 Å². The molecule has 0 heterocycles. The molecule has 0 fully saturated rings. The Labute approximate surface area is 107 Å². The zero-order valence-corrected chi connectivity index (χ0v) is 11.3. The number of aliphatic hydroxyl groups is 1. The fourth-order valence-electron chi connectivity index (χ4n) is 1.24. The first-order valence-corrected chi connectivity index (χ1v) is 6.85. The Morgan fingerprint density at radius 2 is 2.00 bits per heavy atom. The van der Waals surface area contributed by atoms with Gasteiger partial charge in [0.25, 0.3) is 5.91 Å². The van der Waals surface area contributed by atoms with Crippen LogP contribution in [-0.2, 0) is 0 Å². The average molecular weight is 253 g/mol. The van der Waals surface area contributed by atoms with E-state index in [1.165, 1.54) is 0 Å². The Morgan fingerprint density at radius 3 is 2.47 bits per heavy atom. The third kappa shape index (κ3) is 4.40. The molecule has 0 bridgehead atoms. The number of thioether (sulfide) groups is 1. The Balaban J connectivity index is 2.58. The first-order valence-electron chi connectivity index (χ1n) is 5.63. The Kier molecular flexibility index (Phi) is 5.02. The fraction of sp³-hybridized carbons (Fsp3) is 0.462. The Morgan fingerprint density at radius 1 is 1.41 bits per heavy atom. The summed E-state index contributed by atoms with van der Waals surface area (Å²) in [6.45, 7) is 3.87. The molecule has 0 aliphatic heterocycles. The van der Waals surface area contributed by atoms with E-state index in [9.17, 15) is 9.90 Å². The zero-order valence-electron chi connectivity index (χ0n) is 10.5. The van der Waals surface area contributed by atoms with Crippen molar-refractivity contribution in [2.45, 2.75) is 30.8 Å². The molecule has 1 rings (SSSR count). The van der Waals surface area contributed by atoms with E-state index in [1.807, 2.05) is 25.3 Å². The summed E-state index contributed by atoms with van der Waals surface area (Å²) in [5, 5.41) is 12.5. The molecule has 2 N–H and O–H groups in total. The highest BCUT2D eigenvalue weighted by molar-refractivity contribution is 7.98. The van der Waals surface area contributed by atoms with Gasteiger partial charge < -0.3 is 10.4 Å². The standard InChI is InChI=1S/C13H19NO2S/c1-4-13(2,16)9-14-12(15)10-5-7-11(17-3)8-6-10/h5-8,16H,4,9H2,1-3H3,(H,14,15). The molecule has 0 aliphatic rings. The van der Waals surface area contributed by atoms with Crippen molar-refractivity contribution in [1.82, 2.24) is 5.32 Å². The van der Waals surface area contributed by atoms with Crippen molar-refractivity contribution in [3.05, 3.63) is 29.8 Å². The SMILES string of the molecule is CCC(C)(O)CNC(=O)c1ccc(SC)cc1. The number of hydrogen-bond donors (Lipinski definition) is 2. The maximum atomic E-state index is 11.8. The molecule has 0 saturated carbocycles. The topological polar surface area (TPSA) is 49.3 Å². The third-order valence-electron chi connectivity index (χ3n) is 2.74. The van der Waals surface area contributed by atoms with E-state index >= 15 is 0 Å². The Hall–Kier alpha value is -1.00. The minimum absolute atomic E-state index is 0.147. The van der Waals surface area contributed by atoms with Gasteiger partial charge in [0.05, 0.1) is 5.60 Å². The lowest BCUT2D eigenvalue weighted by molar-refractivity contribution is 0.0518. The van der Waals surface area contributed by atoms with Crippen LogP contribution in [0.15, 0.2) is 29.2 Å². The van der Waals surface area contributed by atoms with Crippen molar-refractivity contribution in [3.8, 4) is 0 Å². The molecule has 0 aliphatic carbocycles. The minimum Gasteiger partial charge on any atom is -0.388 e. The van der Waals surface area contributed by atoms with E-state index in [1.54, 1.807) is 30.8 Å². The highest BCUT2D eigenvalue weighted by atomic mass is 32.2. The third-order valence-corrected chi connectivity index (χ3v) is 3.49. The maximum Gasteiger partial charge on any atom is 0.251 e. The molecule has 17 heavy (non-hydrogen) atoms. The van der Waals surface area contributed by atoms with Crippen molar-refractivity contribution < 1.29 is 9.90 Å². The highest BCUT2D eigenvalue weighted by Crippen LogP contribution is 2.15. The van der Waals surface area contributed by atoms with E-state index in [4.69, 9.17) is 0 Å². The van der Waals surface area contributed by atoms with Crippen LogP contribution in [0.5, 0.6) is 0 Å². The second-order valence-corrected chi connectivity index (χ2v) is 5.14. The van der Waals surface area contributed by atoms with Crippen molar-refractivity contribution >= 4 is 17.7 Å². The van der Waals surface area contributed by atoms with Gasteiger partial charge in [-0.2, -0.15) is 0 Å². The molecule has 1 aromatic rings. The van der Waals surface area contributed by atoms with Gasteiger partial charge in [0, 0.05) is 17.0 Å². The van der Waals surface area contributed by atoms with Crippen LogP contribution >= 0.6 is 11.8 Å². The molecule has 0 aromatic heterocycles. The summed E-state index contributed by atoms with van der Waals surface area (Å²) in [6.07, 6.45) is 2.60. The van der Waals surface area contributed by atoms with E-state index in [2.05, 4.69) is 5.32 Å². The number of rotatable bonds is 5. The van der Waals surface area contributed by atoms with E-state index in [0.29, 0.717) is 12.0 Å². The molecule has 1 aromatic carbocycles. The van der Waals surface area contributed by atoms with E-state index < -0.39 is 5.60 Å². The van der Waals surface area contributed by atoms with Crippen LogP contribution in [0, 0.1) is 0 Å². The molecule has 0 saturated heterocycles. The lowest BCUT2D eigenvalue weighted by Crippen LogP contribution is -2.40. The van der Waals surface area contributed by atoms with Gasteiger partial charge in [-0.05, 0) is 43.9 Å². The predicted molar refractivity (Wildman–Crippen MR) is 71.5 cm³/mol. The quantitative estimate of drug-likeness (QED) is 0.792. The van der Waals surface area contributed by atoms with Gasteiger partial charge in [-0.3, -0.25) is 4.79 Å². The van der Waals surface area contributed by atoms with Crippen LogP contribution in [0.25, 0.3) is 0 Å². The van der Waals surface area contributed by atoms with Crippen molar-refractivity contribution in [2.75, 3.05) is 12.8 Å². The van der Waals surface area contributed by atoms with E-state index in [-0.39, 0.29) is 12.5 Å². The van der Waals surface area contributed by atoms with Gasteiger partial charge in [-0.15, -0.1) is 11.8 Å². The summed E-state index contributed by atoms with van der Waals surface area (Å²) in [5.41, 5.74) is -0.218. The normalized spacial score (nSPS) is 14.1. The van der Waals surface area contributed by atoms with Crippen LogP contribution in [0.4, 0.5) is 0 Å². The first kappa shape index (κ1) is 14.1. The van der Waals surface area contributed by atoms with Crippen LogP contribution in [0.2, 0.25) is 0 Å². The smallest absolute Gasteiger partial charge is 0.251 e. The number of benzene rings is 1. The van der Waals surface area contributed by atoms with Gasteiger partial charge in [0.2, 0.25) is 0 Å². The van der Waals surface area contributed by atoms with Crippen LogP contribution < -0.4 is 5.32 Å². The summed E-state index contributed by atoms with van der Waals surface area (Å²) >= 11 is 1.64. The second kappa shape index (κ2) is 6.07. The predicted octanol–water partition coefficient (Wildman–Crippen LogP) is 2.30. The zero-order chi connectivity index (χ0) is 12.9. The number of hydrogen-bond acceptors (Lipinski definition) is 3. The molecular formula is C13H19NO2S. The van der Waals surface area contributed by atoms with Gasteiger partial charge in [-0.1, -0.05) is 6.92 Å². The largest absolute Gasteiger partial charge is 0.388 e. The lowest BCUT2D eigenvalue weighted by Gasteiger charge is -2.21. The summed E-state index contributed by atoms with van der Waals surface area (Å²) < 4.78 is 0. The van der Waals surface area contributed by atoms with Crippen LogP contribution in [0.1, 0.15) is 30.6 Å². The van der Waals surface area contributed by atoms with Gasteiger partial charge in [0.15, 0.2) is 0 Å². The van der Waals surface area contributed by atoms with Gasteiger partial charge >= 0.3 is 0 Å². The van der Waals surface area contributed by atoms with E-state index in [0.717, 1.165) is 4.90 Å². The minimum atomic E-state index is -0.838. The van der Waals surface area contributed by atoms with Crippen LogP contribution in [-0.4, -0.2) is 29.4 Å². The fourth-order valence-corrected chi connectivity index (χ4v) is 1.65. The van der Waals surface area contributed by atoms with Crippen LogP contribution in [0.3, 0.4) is 0 Å². The lowest BCUT2D eigenvalue weighted by atomic mass is 10.0. The van der Waals surface area contributed by atoms with Gasteiger partial charge in [-0.25, -0.2) is 0 Å². The Bertz CT molecular complexity index is 374. The molecule has 0 radical (unpaired) electrons. The number of carbonyl (C=O) groups excluding carboxylic acids is 1. The summed E-state index contributed by atoms with van der Waals surface area (Å²) in [4.78, 5) is 12.9. The summed E-state index contributed by atoms with van der Waals surface area (Å²) in [6, 6.07) is 7.42. The molecule has 4 heteroatoms. The molecule has 1 atom stereocenters. The molecule has 1 unspecified atom stereocenters. The van der Waals surface area contributed by atoms with Gasteiger partial charge in [0.1, 0.15) is 0 Å². The maximum absolute atomic E-state index is 11.8. The summed E-state index contributed by atoms with van der Waals surface area (Å²) in [5.74, 6) is -0.147. The molecule has 94 valence electrons.